The third kappa shape index (κ3) is 5.72. The number of aliphatic carboxylic acids is 1. The molecule has 0 radical (unpaired) electrons. The number of aromatic nitrogens is 1. The lowest BCUT2D eigenvalue weighted by Crippen LogP contribution is -2.41. The number of aryl methyl sites for hydroxylation is 1. The van der Waals surface area contributed by atoms with Crippen molar-refractivity contribution in [1.29, 1.82) is 0 Å². The monoisotopic (exact) mass is 412 g/mol. The summed E-state index contributed by atoms with van der Waals surface area (Å²) in [5.74, 6) is 1.92. The standard InChI is InChI=1S/C24H32N2O4/c1-15(2)7-5-6-8-22-26-21(17(4)30-22)11-12-29-19-10-9-18-13-16(3)25-23(24(27)28)20(18)14-19/h6,8-10,14-16,23,25H,5,7,11-13H2,1-4H3,(H,27,28)/t16-,23?/m0/s1. The van der Waals surface area contributed by atoms with Crippen molar-refractivity contribution >= 4 is 12.0 Å². The van der Waals surface area contributed by atoms with Crippen LogP contribution >= 0.6 is 0 Å². The first kappa shape index (κ1) is 22.1. The summed E-state index contributed by atoms with van der Waals surface area (Å²) >= 11 is 0. The topological polar surface area (TPSA) is 84.6 Å². The molecule has 162 valence electrons. The third-order valence-corrected chi connectivity index (χ3v) is 5.34. The molecule has 6 nitrogen and oxygen atoms in total. The number of fused-ring (bicyclic) bond motifs is 1. The van der Waals surface area contributed by atoms with Gasteiger partial charge in [0.05, 0.1) is 12.3 Å². The molecule has 0 saturated carbocycles. The largest absolute Gasteiger partial charge is 0.493 e. The van der Waals surface area contributed by atoms with Gasteiger partial charge in [-0.3, -0.25) is 10.1 Å². The van der Waals surface area contributed by atoms with Crippen molar-refractivity contribution in [3.05, 3.63) is 52.7 Å². The van der Waals surface area contributed by atoms with Gasteiger partial charge in [0.15, 0.2) is 0 Å². The summed E-state index contributed by atoms with van der Waals surface area (Å²) in [4.78, 5) is 16.2. The second-order valence-corrected chi connectivity index (χ2v) is 8.43. The Bertz CT molecular complexity index is 901. The van der Waals surface area contributed by atoms with Gasteiger partial charge < -0.3 is 14.3 Å². The summed E-state index contributed by atoms with van der Waals surface area (Å²) in [6.07, 6.45) is 7.64. The molecule has 3 rings (SSSR count). The van der Waals surface area contributed by atoms with E-state index >= 15 is 0 Å². The number of ether oxygens (including phenoxy) is 1. The minimum atomic E-state index is -0.868. The van der Waals surface area contributed by atoms with E-state index in [0.29, 0.717) is 30.6 Å². The van der Waals surface area contributed by atoms with Gasteiger partial charge in [0, 0.05) is 12.5 Å². The van der Waals surface area contributed by atoms with Crippen LogP contribution in [0.5, 0.6) is 5.75 Å². The number of nitrogens with one attached hydrogen (secondary N) is 1. The van der Waals surface area contributed by atoms with E-state index in [9.17, 15) is 9.90 Å². The van der Waals surface area contributed by atoms with Crippen molar-refractivity contribution in [1.82, 2.24) is 10.3 Å². The van der Waals surface area contributed by atoms with E-state index in [-0.39, 0.29) is 6.04 Å². The van der Waals surface area contributed by atoms with E-state index in [1.54, 1.807) is 0 Å². The Labute approximate surface area is 178 Å². The molecule has 2 atom stereocenters. The van der Waals surface area contributed by atoms with Gasteiger partial charge in [-0.1, -0.05) is 26.0 Å². The molecular weight excluding hydrogens is 380 g/mol. The van der Waals surface area contributed by atoms with Crippen molar-refractivity contribution in [2.45, 2.75) is 65.5 Å². The SMILES string of the molecule is Cc1oc(C=CCCC(C)C)nc1CCOc1ccc2c(c1)C(C(=O)O)N[C@@H](C)C2. The lowest BCUT2D eigenvalue weighted by molar-refractivity contribution is -0.140. The molecular formula is C24H32N2O4. The van der Waals surface area contributed by atoms with Gasteiger partial charge in [-0.25, -0.2) is 4.98 Å². The van der Waals surface area contributed by atoms with Crippen molar-refractivity contribution in [2.75, 3.05) is 6.61 Å². The van der Waals surface area contributed by atoms with Gasteiger partial charge >= 0.3 is 5.97 Å². The molecule has 1 aliphatic heterocycles. The summed E-state index contributed by atoms with van der Waals surface area (Å²) in [5.41, 5.74) is 2.72. The Morgan fingerprint density at radius 3 is 2.97 bits per heavy atom. The second kappa shape index (κ2) is 9.94. The van der Waals surface area contributed by atoms with Gasteiger partial charge in [-0.15, -0.1) is 0 Å². The van der Waals surface area contributed by atoms with Crippen molar-refractivity contribution in [2.24, 2.45) is 5.92 Å². The molecule has 0 amide bonds. The summed E-state index contributed by atoms with van der Waals surface area (Å²) in [5, 5.41) is 12.7. The Morgan fingerprint density at radius 1 is 1.43 bits per heavy atom. The average Bonchev–Trinajstić information content (AvgIpc) is 3.04. The molecule has 0 fully saturated rings. The fraction of sp³-hybridized carbons (Fsp3) is 0.500. The highest BCUT2D eigenvalue weighted by atomic mass is 16.5. The predicted molar refractivity (Wildman–Crippen MR) is 117 cm³/mol. The lowest BCUT2D eigenvalue weighted by atomic mass is 9.90. The number of carbonyl (C=O) groups is 1. The number of rotatable bonds is 9. The van der Waals surface area contributed by atoms with E-state index < -0.39 is 12.0 Å². The van der Waals surface area contributed by atoms with Gasteiger partial charge in [0.25, 0.3) is 0 Å². The number of hydrogen-bond acceptors (Lipinski definition) is 5. The zero-order chi connectivity index (χ0) is 21.7. The normalized spacial score (nSPS) is 18.7. The molecule has 1 unspecified atom stereocenters. The van der Waals surface area contributed by atoms with Gasteiger partial charge in [0.2, 0.25) is 5.89 Å². The lowest BCUT2D eigenvalue weighted by Gasteiger charge is -2.29. The molecule has 2 N–H and O–H groups in total. The Balaban J connectivity index is 1.58. The summed E-state index contributed by atoms with van der Waals surface area (Å²) in [6.45, 7) is 8.78. The van der Waals surface area contributed by atoms with Crippen LogP contribution < -0.4 is 10.1 Å². The fourth-order valence-corrected chi connectivity index (χ4v) is 3.72. The molecule has 2 heterocycles. The number of allylic oxidation sites excluding steroid dienone is 1. The summed E-state index contributed by atoms with van der Waals surface area (Å²) < 4.78 is 11.6. The smallest absolute Gasteiger partial charge is 0.325 e. The quantitative estimate of drug-likeness (QED) is 0.620. The van der Waals surface area contributed by atoms with Gasteiger partial charge in [-0.2, -0.15) is 0 Å². The van der Waals surface area contributed by atoms with Crippen molar-refractivity contribution in [3.63, 3.8) is 0 Å². The average molecular weight is 413 g/mol. The van der Waals surface area contributed by atoms with Crippen LogP contribution in [-0.4, -0.2) is 28.7 Å². The second-order valence-electron chi connectivity index (χ2n) is 8.43. The molecule has 0 spiro atoms. The van der Waals surface area contributed by atoms with Crippen molar-refractivity contribution in [3.8, 4) is 5.75 Å². The molecule has 6 heteroatoms. The molecule has 1 aromatic carbocycles. The van der Waals surface area contributed by atoms with Gasteiger partial charge in [0.1, 0.15) is 17.6 Å². The van der Waals surface area contributed by atoms with E-state index in [2.05, 4.69) is 30.2 Å². The van der Waals surface area contributed by atoms with Crippen molar-refractivity contribution < 1.29 is 19.1 Å². The highest BCUT2D eigenvalue weighted by Crippen LogP contribution is 2.29. The van der Waals surface area contributed by atoms with Gasteiger partial charge in [-0.05, 0) is 68.4 Å². The molecule has 1 aliphatic rings. The summed E-state index contributed by atoms with van der Waals surface area (Å²) in [7, 11) is 0. The third-order valence-electron chi connectivity index (χ3n) is 5.34. The van der Waals surface area contributed by atoms with Crippen LogP contribution in [0.1, 0.15) is 68.1 Å². The molecule has 0 saturated heterocycles. The van der Waals surface area contributed by atoms with E-state index in [1.165, 1.54) is 0 Å². The molecule has 2 aromatic rings. The maximum absolute atomic E-state index is 11.6. The zero-order valence-electron chi connectivity index (χ0n) is 18.3. The first-order chi connectivity index (χ1) is 14.3. The Hall–Kier alpha value is -2.60. The van der Waals surface area contributed by atoms with E-state index in [4.69, 9.17) is 9.15 Å². The van der Waals surface area contributed by atoms with Crippen LogP contribution in [0.25, 0.3) is 6.08 Å². The Kier molecular flexibility index (Phi) is 7.32. The minimum absolute atomic E-state index is 0.133. The number of carboxylic acids is 1. The number of oxazole rings is 1. The highest BCUT2D eigenvalue weighted by Gasteiger charge is 2.29. The zero-order valence-corrected chi connectivity index (χ0v) is 18.3. The van der Waals surface area contributed by atoms with E-state index in [1.807, 2.05) is 38.1 Å². The van der Waals surface area contributed by atoms with Crippen LogP contribution in [0, 0.1) is 12.8 Å². The van der Waals surface area contributed by atoms with Crippen LogP contribution in [0.2, 0.25) is 0 Å². The predicted octanol–water partition coefficient (Wildman–Crippen LogP) is 4.71. The van der Waals surface area contributed by atoms with Crippen LogP contribution in [-0.2, 0) is 17.6 Å². The first-order valence-electron chi connectivity index (χ1n) is 10.7. The summed E-state index contributed by atoms with van der Waals surface area (Å²) in [6, 6.07) is 5.16. The number of hydrogen-bond donors (Lipinski definition) is 2. The molecule has 0 aliphatic carbocycles. The fourth-order valence-electron chi connectivity index (χ4n) is 3.72. The first-order valence-corrected chi connectivity index (χ1v) is 10.7. The number of carboxylic acid groups (broad SMARTS) is 1. The molecule has 30 heavy (non-hydrogen) atoms. The van der Waals surface area contributed by atoms with Crippen LogP contribution in [0.3, 0.4) is 0 Å². The molecule has 1 aromatic heterocycles. The number of nitrogens with zero attached hydrogens (tertiary/aromatic N) is 1. The number of benzene rings is 1. The van der Waals surface area contributed by atoms with Crippen LogP contribution in [0.15, 0.2) is 28.7 Å². The highest BCUT2D eigenvalue weighted by molar-refractivity contribution is 5.77. The maximum Gasteiger partial charge on any atom is 0.325 e. The van der Waals surface area contributed by atoms with E-state index in [0.717, 1.165) is 41.8 Å². The Morgan fingerprint density at radius 2 is 2.23 bits per heavy atom. The maximum atomic E-state index is 11.6. The molecule has 0 bridgehead atoms. The van der Waals surface area contributed by atoms with Crippen LogP contribution in [0.4, 0.5) is 0 Å². The minimum Gasteiger partial charge on any atom is -0.493 e.